The molecule has 0 aromatic carbocycles. The first kappa shape index (κ1) is 9.23. The quantitative estimate of drug-likeness (QED) is 0.473. The molecule has 1 heterocycles. The molecule has 0 aromatic rings. The molecule has 0 aliphatic carbocycles. The fourth-order valence-corrected chi connectivity index (χ4v) is 1.51. The molecule has 0 radical (unpaired) electrons. The molecule has 1 aliphatic rings. The second-order valence-corrected chi connectivity index (χ2v) is 3.39. The maximum Gasteiger partial charge on any atom is 0.305 e. The van der Waals surface area contributed by atoms with Crippen LogP contribution >= 0.6 is 0 Å². The van der Waals surface area contributed by atoms with Gasteiger partial charge in [-0.15, -0.1) is 0 Å². The van der Waals surface area contributed by atoms with Crippen LogP contribution in [0.2, 0.25) is 0 Å². The average Bonchev–Trinajstić information content (AvgIpc) is 2.10. The molecule has 1 saturated heterocycles. The van der Waals surface area contributed by atoms with Gasteiger partial charge in [-0.05, 0) is 12.8 Å². The van der Waals surface area contributed by atoms with Gasteiger partial charge in [0.1, 0.15) is 6.29 Å². The Bertz CT molecular complexity index is 176. The van der Waals surface area contributed by atoms with Gasteiger partial charge in [-0.3, -0.25) is 4.79 Å². The van der Waals surface area contributed by atoms with E-state index < -0.39 is 0 Å². The molecule has 0 amide bonds. The molecule has 0 bridgehead atoms. The molecule has 12 heavy (non-hydrogen) atoms. The number of esters is 1. The zero-order chi connectivity index (χ0) is 9.03. The van der Waals surface area contributed by atoms with Gasteiger partial charge < -0.3 is 9.53 Å². The van der Waals surface area contributed by atoms with Gasteiger partial charge in [0, 0.05) is 18.3 Å². The van der Waals surface area contributed by atoms with Crippen molar-refractivity contribution in [2.24, 2.45) is 5.41 Å². The van der Waals surface area contributed by atoms with Gasteiger partial charge in [-0.25, -0.2) is 0 Å². The Labute approximate surface area is 72.1 Å². The fourth-order valence-electron chi connectivity index (χ4n) is 1.51. The van der Waals surface area contributed by atoms with Crippen LogP contribution in [0.1, 0.15) is 32.6 Å². The SMILES string of the molecule is CC[C@@]1(CC=O)CCC(=O)OC1. The molecule has 3 heteroatoms. The monoisotopic (exact) mass is 170 g/mol. The Hall–Kier alpha value is -0.860. The van der Waals surface area contributed by atoms with Crippen LogP contribution in [-0.2, 0) is 14.3 Å². The summed E-state index contributed by atoms with van der Waals surface area (Å²) in [6.45, 7) is 2.45. The highest BCUT2D eigenvalue weighted by molar-refractivity contribution is 5.70. The van der Waals surface area contributed by atoms with Crippen molar-refractivity contribution in [2.45, 2.75) is 32.6 Å². The second-order valence-electron chi connectivity index (χ2n) is 3.39. The van der Waals surface area contributed by atoms with Crippen LogP contribution in [0.15, 0.2) is 0 Å². The van der Waals surface area contributed by atoms with Crippen molar-refractivity contribution in [3.8, 4) is 0 Å². The van der Waals surface area contributed by atoms with Crippen LogP contribution in [0.25, 0.3) is 0 Å². The third-order valence-electron chi connectivity index (χ3n) is 2.67. The van der Waals surface area contributed by atoms with Gasteiger partial charge in [0.25, 0.3) is 0 Å². The van der Waals surface area contributed by atoms with Crippen LogP contribution in [0.5, 0.6) is 0 Å². The first-order valence-corrected chi connectivity index (χ1v) is 4.32. The topological polar surface area (TPSA) is 43.4 Å². The van der Waals surface area contributed by atoms with Crippen molar-refractivity contribution in [1.29, 1.82) is 0 Å². The maximum absolute atomic E-state index is 10.8. The van der Waals surface area contributed by atoms with Gasteiger partial charge >= 0.3 is 5.97 Å². The Balaban J connectivity index is 2.56. The number of ether oxygens (including phenoxy) is 1. The predicted molar refractivity (Wildman–Crippen MR) is 43.6 cm³/mol. The molecule has 0 aromatic heterocycles. The van der Waals surface area contributed by atoms with E-state index in [4.69, 9.17) is 4.74 Å². The Morgan fingerprint density at radius 1 is 1.67 bits per heavy atom. The summed E-state index contributed by atoms with van der Waals surface area (Å²) in [5.41, 5.74) is -0.0599. The predicted octanol–water partition coefficient (Wildman–Crippen LogP) is 1.31. The summed E-state index contributed by atoms with van der Waals surface area (Å²) >= 11 is 0. The highest BCUT2D eigenvalue weighted by atomic mass is 16.5. The zero-order valence-corrected chi connectivity index (χ0v) is 7.34. The number of aldehydes is 1. The van der Waals surface area contributed by atoms with Crippen LogP contribution < -0.4 is 0 Å². The van der Waals surface area contributed by atoms with Crippen LogP contribution in [-0.4, -0.2) is 18.9 Å². The lowest BCUT2D eigenvalue weighted by Crippen LogP contribution is -2.33. The van der Waals surface area contributed by atoms with Crippen LogP contribution in [0.4, 0.5) is 0 Å². The number of hydrogen-bond donors (Lipinski definition) is 0. The van der Waals surface area contributed by atoms with E-state index in [1.807, 2.05) is 6.92 Å². The van der Waals surface area contributed by atoms with Gasteiger partial charge in [-0.1, -0.05) is 6.92 Å². The molecule has 0 N–H and O–H groups in total. The molecule has 0 spiro atoms. The normalized spacial score (nSPS) is 29.6. The van der Waals surface area contributed by atoms with Gasteiger partial charge in [0.2, 0.25) is 0 Å². The molecule has 1 fully saturated rings. The minimum atomic E-state index is -0.134. The van der Waals surface area contributed by atoms with Crippen molar-refractivity contribution in [2.75, 3.05) is 6.61 Å². The number of rotatable bonds is 3. The molecular weight excluding hydrogens is 156 g/mol. The van der Waals surface area contributed by atoms with E-state index in [-0.39, 0.29) is 11.4 Å². The summed E-state index contributed by atoms with van der Waals surface area (Å²) in [4.78, 5) is 21.1. The van der Waals surface area contributed by atoms with E-state index in [1.165, 1.54) is 0 Å². The summed E-state index contributed by atoms with van der Waals surface area (Å²) in [6.07, 6.45) is 3.58. The Kier molecular flexibility index (Phi) is 2.84. The molecule has 68 valence electrons. The average molecular weight is 170 g/mol. The summed E-state index contributed by atoms with van der Waals surface area (Å²) in [6, 6.07) is 0. The number of cyclic esters (lactones) is 1. The Morgan fingerprint density at radius 2 is 2.42 bits per heavy atom. The second kappa shape index (κ2) is 3.70. The maximum atomic E-state index is 10.8. The van der Waals surface area contributed by atoms with Gasteiger partial charge in [0.05, 0.1) is 6.61 Å². The zero-order valence-electron chi connectivity index (χ0n) is 7.34. The summed E-state index contributed by atoms with van der Waals surface area (Å²) in [7, 11) is 0. The first-order chi connectivity index (χ1) is 5.72. The highest BCUT2D eigenvalue weighted by Crippen LogP contribution is 2.34. The summed E-state index contributed by atoms with van der Waals surface area (Å²) < 4.78 is 4.94. The number of hydrogen-bond acceptors (Lipinski definition) is 3. The smallest absolute Gasteiger partial charge is 0.305 e. The molecule has 0 unspecified atom stereocenters. The minimum absolute atomic E-state index is 0.0599. The van der Waals surface area contributed by atoms with E-state index in [0.717, 1.165) is 19.1 Å². The summed E-state index contributed by atoms with van der Waals surface area (Å²) in [5.74, 6) is -0.134. The molecule has 1 rings (SSSR count). The lowest BCUT2D eigenvalue weighted by Gasteiger charge is -2.33. The molecule has 3 nitrogen and oxygen atoms in total. The number of carbonyl (C=O) groups excluding carboxylic acids is 2. The largest absolute Gasteiger partial charge is 0.465 e. The van der Waals surface area contributed by atoms with Gasteiger partial charge in [0.15, 0.2) is 0 Å². The molecular formula is C9H14O3. The van der Waals surface area contributed by atoms with Crippen molar-refractivity contribution >= 4 is 12.3 Å². The van der Waals surface area contributed by atoms with Crippen molar-refractivity contribution in [3.05, 3.63) is 0 Å². The standard InChI is InChI=1S/C9H14O3/c1-2-9(5-6-10)4-3-8(11)12-7-9/h6H,2-5,7H2,1H3/t9-/m0/s1. The van der Waals surface area contributed by atoms with E-state index in [9.17, 15) is 9.59 Å². The van der Waals surface area contributed by atoms with Crippen molar-refractivity contribution < 1.29 is 14.3 Å². The molecule has 1 atom stereocenters. The number of carbonyl (C=O) groups is 2. The van der Waals surface area contributed by atoms with E-state index in [0.29, 0.717) is 19.4 Å². The minimum Gasteiger partial charge on any atom is -0.465 e. The van der Waals surface area contributed by atoms with E-state index in [1.54, 1.807) is 0 Å². The first-order valence-electron chi connectivity index (χ1n) is 4.32. The van der Waals surface area contributed by atoms with E-state index >= 15 is 0 Å². The van der Waals surface area contributed by atoms with Crippen LogP contribution in [0.3, 0.4) is 0 Å². The van der Waals surface area contributed by atoms with Crippen molar-refractivity contribution in [3.63, 3.8) is 0 Å². The van der Waals surface area contributed by atoms with E-state index in [2.05, 4.69) is 0 Å². The summed E-state index contributed by atoms with van der Waals surface area (Å²) in [5, 5.41) is 0. The highest BCUT2D eigenvalue weighted by Gasteiger charge is 2.33. The van der Waals surface area contributed by atoms with Crippen LogP contribution in [0, 0.1) is 5.41 Å². The lowest BCUT2D eigenvalue weighted by atomic mass is 9.77. The fraction of sp³-hybridized carbons (Fsp3) is 0.778. The third kappa shape index (κ3) is 1.84. The Morgan fingerprint density at radius 3 is 2.83 bits per heavy atom. The van der Waals surface area contributed by atoms with Crippen molar-refractivity contribution in [1.82, 2.24) is 0 Å². The lowest BCUT2D eigenvalue weighted by molar-refractivity contribution is -0.155. The van der Waals surface area contributed by atoms with Gasteiger partial charge in [-0.2, -0.15) is 0 Å². The molecule has 1 aliphatic heterocycles. The third-order valence-corrected chi connectivity index (χ3v) is 2.67. The molecule has 0 saturated carbocycles.